The molecule has 2 aliphatic rings. The molecule has 0 aromatic rings. The van der Waals surface area contributed by atoms with Gasteiger partial charge in [-0.2, -0.15) is 0 Å². The van der Waals surface area contributed by atoms with E-state index in [9.17, 15) is 4.39 Å². The Morgan fingerprint density at radius 2 is 1.87 bits per heavy atom. The fourth-order valence-corrected chi connectivity index (χ4v) is 3.52. The van der Waals surface area contributed by atoms with Gasteiger partial charge in [-0.05, 0) is 43.9 Å². The molecule has 0 heterocycles. The summed E-state index contributed by atoms with van der Waals surface area (Å²) in [5.41, 5.74) is 4.93. The Bertz CT molecular complexity index is 211. The quantitative estimate of drug-likeness (QED) is 0.747. The smallest absolute Gasteiger partial charge is 0.115 e. The highest BCUT2D eigenvalue weighted by atomic mass is 19.1. The summed E-state index contributed by atoms with van der Waals surface area (Å²) in [6.07, 6.45) is 8.17. The van der Waals surface area contributed by atoms with Crippen molar-refractivity contribution < 1.29 is 4.39 Å². The number of halogens is 1. The largest absolute Gasteiger partial charge is 0.328 e. The SMILES string of the molecule is CCC1CCC(C2(F)CCC(N)C2)CC1. The molecule has 1 nitrogen and oxygen atoms in total. The number of alkyl halides is 1. The third-order valence-corrected chi connectivity index (χ3v) is 4.69. The van der Waals surface area contributed by atoms with Gasteiger partial charge in [0.2, 0.25) is 0 Å². The van der Waals surface area contributed by atoms with Crippen LogP contribution in [-0.4, -0.2) is 11.7 Å². The lowest BCUT2D eigenvalue weighted by molar-refractivity contribution is 0.0501. The van der Waals surface area contributed by atoms with Gasteiger partial charge in [-0.15, -0.1) is 0 Å². The number of nitrogens with two attached hydrogens (primary N) is 1. The summed E-state index contributed by atoms with van der Waals surface area (Å²) in [6.45, 7) is 2.25. The summed E-state index contributed by atoms with van der Waals surface area (Å²) in [5.74, 6) is 1.17. The van der Waals surface area contributed by atoms with Crippen molar-refractivity contribution in [2.75, 3.05) is 0 Å². The Morgan fingerprint density at radius 1 is 1.20 bits per heavy atom. The first-order valence-electron chi connectivity index (χ1n) is 6.58. The van der Waals surface area contributed by atoms with E-state index in [0.717, 1.165) is 31.6 Å². The van der Waals surface area contributed by atoms with Crippen molar-refractivity contribution in [2.24, 2.45) is 17.6 Å². The molecule has 2 rings (SSSR count). The van der Waals surface area contributed by atoms with Crippen LogP contribution in [0.1, 0.15) is 58.3 Å². The molecule has 2 atom stereocenters. The van der Waals surface area contributed by atoms with Crippen LogP contribution in [0.3, 0.4) is 0 Å². The first-order valence-corrected chi connectivity index (χ1v) is 6.58. The van der Waals surface area contributed by atoms with E-state index in [-0.39, 0.29) is 6.04 Å². The van der Waals surface area contributed by atoms with Gasteiger partial charge in [-0.3, -0.25) is 0 Å². The molecule has 2 unspecified atom stereocenters. The van der Waals surface area contributed by atoms with Crippen LogP contribution < -0.4 is 5.73 Å². The Balaban J connectivity index is 1.90. The van der Waals surface area contributed by atoms with Crippen molar-refractivity contribution in [1.82, 2.24) is 0 Å². The van der Waals surface area contributed by atoms with E-state index < -0.39 is 5.67 Å². The number of hydrogen-bond acceptors (Lipinski definition) is 1. The van der Waals surface area contributed by atoms with Gasteiger partial charge < -0.3 is 5.73 Å². The molecule has 2 saturated carbocycles. The van der Waals surface area contributed by atoms with Crippen LogP contribution in [-0.2, 0) is 0 Å². The standard InChI is InChI=1S/C13H24FN/c1-2-10-3-5-11(6-4-10)13(14)8-7-12(15)9-13/h10-12H,2-9,15H2,1H3. The molecule has 2 aliphatic carbocycles. The molecule has 0 aliphatic heterocycles. The Morgan fingerprint density at radius 3 is 2.33 bits per heavy atom. The van der Waals surface area contributed by atoms with Crippen molar-refractivity contribution in [3.63, 3.8) is 0 Å². The van der Waals surface area contributed by atoms with Gasteiger partial charge in [-0.25, -0.2) is 4.39 Å². The van der Waals surface area contributed by atoms with Gasteiger partial charge in [0.1, 0.15) is 5.67 Å². The minimum Gasteiger partial charge on any atom is -0.328 e. The maximum absolute atomic E-state index is 14.6. The molecule has 2 N–H and O–H groups in total. The van der Waals surface area contributed by atoms with Gasteiger partial charge in [0, 0.05) is 6.04 Å². The van der Waals surface area contributed by atoms with Crippen molar-refractivity contribution >= 4 is 0 Å². The Hall–Kier alpha value is -0.110. The van der Waals surface area contributed by atoms with E-state index in [4.69, 9.17) is 5.73 Å². The zero-order chi connectivity index (χ0) is 10.9. The van der Waals surface area contributed by atoms with Crippen molar-refractivity contribution in [1.29, 1.82) is 0 Å². The van der Waals surface area contributed by atoms with Gasteiger partial charge in [0.05, 0.1) is 0 Å². The lowest BCUT2D eigenvalue weighted by atomic mass is 9.73. The summed E-state index contributed by atoms with van der Waals surface area (Å²) < 4.78 is 14.6. The van der Waals surface area contributed by atoms with Crippen LogP contribution in [0.2, 0.25) is 0 Å². The molecular formula is C13H24FN. The van der Waals surface area contributed by atoms with E-state index >= 15 is 0 Å². The van der Waals surface area contributed by atoms with Crippen molar-refractivity contribution in [3.05, 3.63) is 0 Å². The average Bonchev–Trinajstić information content (AvgIpc) is 2.60. The Labute approximate surface area is 92.6 Å². The topological polar surface area (TPSA) is 26.0 Å². The minimum absolute atomic E-state index is 0.124. The molecule has 0 amide bonds. The lowest BCUT2D eigenvalue weighted by Crippen LogP contribution is -2.35. The highest BCUT2D eigenvalue weighted by Gasteiger charge is 2.45. The zero-order valence-corrected chi connectivity index (χ0v) is 9.84. The monoisotopic (exact) mass is 213 g/mol. The van der Waals surface area contributed by atoms with Gasteiger partial charge in [0.25, 0.3) is 0 Å². The molecular weight excluding hydrogens is 189 g/mol. The fraction of sp³-hybridized carbons (Fsp3) is 1.00. The number of hydrogen-bond donors (Lipinski definition) is 1. The average molecular weight is 213 g/mol. The molecule has 2 heteroatoms. The van der Waals surface area contributed by atoms with Crippen molar-refractivity contribution in [3.8, 4) is 0 Å². The molecule has 0 bridgehead atoms. The van der Waals surface area contributed by atoms with E-state index in [1.165, 1.54) is 19.3 Å². The normalized spacial score (nSPS) is 47.0. The highest BCUT2D eigenvalue weighted by molar-refractivity contribution is 4.97. The van der Waals surface area contributed by atoms with Gasteiger partial charge in [0.15, 0.2) is 0 Å². The Kier molecular flexibility index (Phi) is 3.34. The van der Waals surface area contributed by atoms with E-state index in [1.54, 1.807) is 0 Å². The van der Waals surface area contributed by atoms with E-state index in [0.29, 0.717) is 12.3 Å². The molecule has 2 fully saturated rings. The van der Waals surface area contributed by atoms with Crippen LogP contribution >= 0.6 is 0 Å². The first-order chi connectivity index (χ1) is 7.14. The minimum atomic E-state index is -0.905. The third-order valence-electron chi connectivity index (χ3n) is 4.69. The van der Waals surface area contributed by atoms with Crippen LogP contribution in [0, 0.1) is 11.8 Å². The second kappa shape index (κ2) is 4.40. The molecule has 0 aromatic carbocycles. The molecule has 0 spiro atoms. The van der Waals surface area contributed by atoms with Crippen LogP contribution in [0.4, 0.5) is 4.39 Å². The van der Waals surface area contributed by atoms with Gasteiger partial charge in [-0.1, -0.05) is 26.2 Å². The predicted octanol–water partition coefficient (Wildman–Crippen LogP) is 3.42. The van der Waals surface area contributed by atoms with E-state index in [1.807, 2.05) is 0 Å². The number of rotatable bonds is 2. The van der Waals surface area contributed by atoms with Crippen molar-refractivity contribution in [2.45, 2.75) is 70.0 Å². The third kappa shape index (κ3) is 2.35. The fourth-order valence-electron chi connectivity index (χ4n) is 3.52. The molecule has 0 aromatic heterocycles. The molecule has 0 saturated heterocycles. The summed E-state index contributed by atoms with van der Waals surface area (Å²) in [7, 11) is 0. The van der Waals surface area contributed by atoms with Crippen LogP contribution in [0.25, 0.3) is 0 Å². The second-order valence-electron chi connectivity index (χ2n) is 5.66. The molecule has 15 heavy (non-hydrogen) atoms. The summed E-state index contributed by atoms with van der Waals surface area (Å²) in [4.78, 5) is 0. The lowest BCUT2D eigenvalue weighted by Gasteiger charge is -2.36. The molecule has 88 valence electrons. The second-order valence-corrected chi connectivity index (χ2v) is 5.66. The first kappa shape index (κ1) is 11.4. The van der Waals surface area contributed by atoms with Crippen LogP contribution in [0.5, 0.6) is 0 Å². The molecule has 0 radical (unpaired) electrons. The highest BCUT2D eigenvalue weighted by Crippen LogP contribution is 2.46. The maximum Gasteiger partial charge on any atom is 0.115 e. The van der Waals surface area contributed by atoms with Crippen LogP contribution in [0.15, 0.2) is 0 Å². The predicted molar refractivity (Wildman–Crippen MR) is 61.4 cm³/mol. The summed E-state index contributed by atoms with van der Waals surface area (Å²) in [6, 6.07) is 0.124. The summed E-state index contributed by atoms with van der Waals surface area (Å²) in [5, 5.41) is 0. The maximum atomic E-state index is 14.6. The summed E-state index contributed by atoms with van der Waals surface area (Å²) >= 11 is 0. The van der Waals surface area contributed by atoms with Gasteiger partial charge >= 0.3 is 0 Å². The zero-order valence-electron chi connectivity index (χ0n) is 9.84. The van der Waals surface area contributed by atoms with E-state index in [2.05, 4.69) is 6.92 Å².